The lowest BCUT2D eigenvalue weighted by molar-refractivity contribution is -0.140. The summed E-state index contributed by atoms with van der Waals surface area (Å²) in [4.78, 5) is 24.3. The Hall–Kier alpha value is -2.48. The lowest BCUT2D eigenvalue weighted by Crippen LogP contribution is -2.55. The van der Waals surface area contributed by atoms with E-state index < -0.39 is 11.5 Å². The van der Waals surface area contributed by atoms with Crippen molar-refractivity contribution in [2.45, 2.75) is 37.8 Å². The Bertz CT molecular complexity index is 755. The van der Waals surface area contributed by atoms with Crippen molar-refractivity contribution in [3.05, 3.63) is 29.3 Å². The van der Waals surface area contributed by atoms with E-state index in [2.05, 4.69) is 20.7 Å². The van der Waals surface area contributed by atoms with Gasteiger partial charge in [-0.3, -0.25) is 9.59 Å². The van der Waals surface area contributed by atoms with Crippen LogP contribution in [0.3, 0.4) is 0 Å². The van der Waals surface area contributed by atoms with Crippen LogP contribution in [0, 0.1) is 0 Å². The summed E-state index contributed by atoms with van der Waals surface area (Å²) in [6.07, 6.45) is 2.19. The molecular weight excluding hydrogens is 334 g/mol. The highest BCUT2D eigenvalue weighted by Gasteiger charge is 2.40. The molecule has 0 saturated heterocycles. The molecule has 0 bridgehead atoms. The molecule has 1 aromatic heterocycles. The van der Waals surface area contributed by atoms with E-state index >= 15 is 0 Å². The quantitative estimate of drug-likeness (QED) is 0.817. The van der Waals surface area contributed by atoms with Gasteiger partial charge in [0.05, 0.1) is 12.0 Å². The molecule has 1 fully saturated rings. The van der Waals surface area contributed by atoms with Gasteiger partial charge >= 0.3 is 5.97 Å². The first-order valence-corrected chi connectivity index (χ1v) is 7.90. The van der Waals surface area contributed by atoms with E-state index in [4.69, 9.17) is 16.7 Å². The zero-order chi connectivity index (χ0) is 17.2. The number of aromatic nitrogens is 4. The fourth-order valence-corrected chi connectivity index (χ4v) is 2.85. The first-order valence-electron chi connectivity index (χ1n) is 7.52. The number of carbonyl (C=O) groups is 2. The maximum absolute atomic E-state index is 12.1. The summed E-state index contributed by atoms with van der Waals surface area (Å²) >= 11 is 5.83. The highest BCUT2D eigenvalue weighted by atomic mass is 35.5. The number of tetrazole rings is 1. The smallest absolute Gasteiger partial charge is 0.305 e. The summed E-state index contributed by atoms with van der Waals surface area (Å²) in [6, 6.07) is 6.97. The lowest BCUT2D eigenvalue weighted by Gasteiger charge is -2.41. The van der Waals surface area contributed by atoms with Gasteiger partial charge in [0.1, 0.15) is 6.54 Å². The molecule has 2 aromatic rings. The van der Waals surface area contributed by atoms with Crippen molar-refractivity contribution < 1.29 is 14.7 Å². The van der Waals surface area contributed by atoms with Crippen molar-refractivity contribution in [2.24, 2.45) is 0 Å². The van der Waals surface area contributed by atoms with Crippen LogP contribution in [-0.2, 0) is 16.1 Å². The highest BCUT2D eigenvalue weighted by molar-refractivity contribution is 6.30. The Labute approximate surface area is 142 Å². The van der Waals surface area contributed by atoms with Gasteiger partial charge in [0.25, 0.3) is 0 Å². The molecule has 0 aliphatic heterocycles. The van der Waals surface area contributed by atoms with E-state index in [0.29, 0.717) is 23.7 Å². The second-order valence-electron chi connectivity index (χ2n) is 5.90. The Balaban J connectivity index is 1.63. The Morgan fingerprint density at radius 3 is 2.58 bits per heavy atom. The van der Waals surface area contributed by atoms with Crippen LogP contribution in [0.2, 0.25) is 5.02 Å². The summed E-state index contributed by atoms with van der Waals surface area (Å²) in [5.41, 5.74) is 0.107. The first kappa shape index (κ1) is 16.4. The van der Waals surface area contributed by atoms with Crippen LogP contribution >= 0.6 is 11.6 Å². The summed E-state index contributed by atoms with van der Waals surface area (Å²) in [7, 11) is 0. The monoisotopic (exact) mass is 349 g/mol. The highest BCUT2D eigenvalue weighted by Crippen LogP contribution is 2.34. The minimum atomic E-state index is -0.918. The molecular formula is C15H16ClN5O3. The molecule has 126 valence electrons. The van der Waals surface area contributed by atoms with Crippen LogP contribution in [0.25, 0.3) is 11.4 Å². The number of carboxylic acid groups (broad SMARTS) is 1. The summed E-state index contributed by atoms with van der Waals surface area (Å²) in [5.74, 6) is -0.849. The Morgan fingerprint density at radius 2 is 2.00 bits per heavy atom. The average molecular weight is 350 g/mol. The number of benzene rings is 1. The van der Waals surface area contributed by atoms with E-state index in [-0.39, 0.29) is 18.9 Å². The van der Waals surface area contributed by atoms with Crippen molar-refractivity contribution in [1.29, 1.82) is 0 Å². The fourth-order valence-electron chi connectivity index (χ4n) is 2.73. The number of halogens is 1. The van der Waals surface area contributed by atoms with Gasteiger partial charge in [0, 0.05) is 10.6 Å². The standard InChI is InChI=1S/C15H16ClN5O3/c16-11-4-2-10(3-5-11)14-18-20-21(19-14)9-12(22)17-15(6-1-7-15)8-13(23)24/h2-5H,1,6-9H2,(H,17,22)(H,23,24). The van der Waals surface area contributed by atoms with Crippen molar-refractivity contribution in [1.82, 2.24) is 25.5 Å². The van der Waals surface area contributed by atoms with Gasteiger partial charge < -0.3 is 10.4 Å². The fraction of sp³-hybridized carbons (Fsp3) is 0.400. The Kier molecular flexibility index (Phi) is 4.48. The van der Waals surface area contributed by atoms with E-state index in [1.165, 1.54) is 4.80 Å². The third kappa shape index (κ3) is 3.70. The maximum Gasteiger partial charge on any atom is 0.305 e. The largest absolute Gasteiger partial charge is 0.481 e. The minimum Gasteiger partial charge on any atom is -0.481 e. The number of nitrogens with zero attached hydrogens (tertiary/aromatic N) is 4. The molecule has 0 unspecified atom stereocenters. The predicted octanol–water partition coefficient (Wildman–Crippen LogP) is 1.51. The SMILES string of the molecule is O=C(O)CC1(NC(=O)Cn2nnc(-c3ccc(Cl)cc3)n2)CCC1. The molecule has 3 rings (SSSR count). The van der Waals surface area contributed by atoms with Crippen molar-refractivity contribution in [3.63, 3.8) is 0 Å². The van der Waals surface area contributed by atoms with E-state index in [9.17, 15) is 9.59 Å². The van der Waals surface area contributed by atoms with Gasteiger partial charge in [-0.2, -0.15) is 4.80 Å². The normalized spacial score (nSPS) is 15.5. The number of hydrogen-bond donors (Lipinski definition) is 2. The molecule has 0 radical (unpaired) electrons. The topological polar surface area (TPSA) is 110 Å². The summed E-state index contributed by atoms with van der Waals surface area (Å²) in [6.45, 7) is -0.109. The van der Waals surface area contributed by atoms with Crippen LogP contribution < -0.4 is 5.32 Å². The summed E-state index contributed by atoms with van der Waals surface area (Å²) in [5, 5.41) is 24.3. The van der Waals surface area contributed by atoms with Crippen LogP contribution in [0.15, 0.2) is 24.3 Å². The number of amides is 1. The van der Waals surface area contributed by atoms with E-state index in [1.807, 2.05) is 0 Å². The molecule has 2 N–H and O–H groups in total. The number of carboxylic acids is 1. The molecule has 1 saturated carbocycles. The Morgan fingerprint density at radius 1 is 1.29 bits per heavy atom. The summed E-state index contributed by atoms with van der Waals surface area (Å²) < 4.78 is 0. The molecule has 9 heteroatoms. The van der Waals surface area contributed by atoms with Crippen LogP contribution in [0.4, 0.5) is 0 Å². The molecule has 0 atom stereocenters. The zero-order valence-corrected chi connectivity index (χ0v) is 13.5. The molecule has 0 spiro atoms. The maximum atomic E-state index is 12.1. The van der Waals surface area contributed by atoms with Crippen LogP contribution in [0.1, 0.15) is 25.7 Å². The van der Waals surface area contributed by atoms with Gasteiger partial charge in [0.15, 0.2) is 0 Å². The second kappa shape index (κ2) is 6.56. The lowest BCUT2D eigenvalue weighted by atomic mass is 9.74. The second-order valence-corrected chi connectivity index (χ2v) is 6.34. The van der Waals surface area contributed by atoms with Crippen LogP contribution in [-0.4, -0.2) is 42.7 Å². The minimum absolute atomic E-state index is 0.0699. The van der Waals surface area contributed by atoms with Crippen molar-refractivity contribution in [2.75, 3.05) is 0 Å². The van der Waals surface area contributed by atoms with Gasteiger partial charge in [-0.25, -0.2) is 0 Å². The molecule has 24 heavy (non-hydrogen) atoms. The first-order chi connectivity index (χ1) is 11.5. The zero-order valence-electron chi connectivity index (χ0n) is 12.8. The van der Waals surface area contributed by atoms with Gasteiger partial charge in [-0.05, 0) is 48.7 Å². The van der Waals surface area contributed by atoms with E-state index in [0.717, 1.165) is 12.0 Å². The number of hydrogen-bond acceptors (Lipinski definition) is 5. The molecule has 1 heterocycles. The molecule has 1 aliphatic rings. The number of nitrogens with one attached hydrogen (secondary N) is 1. The predicted molar refractivity (Wildman–Crippen MR) is 85.2 cm³/mol. The number of rotatable bonds is 6. The number of carbonyl (C=O) groups excluding carboxylic acids is 1. The van der Waals surface area contributed by atoms with Crippen LogP contribution in [0.5, 0.6) is 0 Å². The van der Waals surface area contributed by atoms with Crippen molar-refractivity contribution in [3.8, 4) is 11.4 Å². The average Bonchev–Trinajstić information content (AvgIpc) is 2.93. The van der Waals surface area contributed by atoms with Gasteiger partial charge in [-0.15, -0.1) is 10.2 Å². The van der Waals surface area contributed by atoms with Gasteiger partial charge in [-0.1, -0.05) is 11.6 Å². The molecule has 8 nitrogen and oxygen atoms in total. The van der Waals surface area contributed by atoms with Gasteiger partial charge in [0.2, 0.25) is 11.7 Å². The number of aliphatic carboxylic acids is 1. The van der Waals surface area contributed by atoms with E-state index in [1.54, 1.807) is 24.3 Å². The molecule has 1 aromatic carbocycles. The molecule has 1 amide bonds. The van der Waals surface area contributed by atoms with Crippen molar-refractivity contribution >= 4 is 23.5 Å². The third-order valence-corrected chi connectivity index (χ3v) is 4.30. The third-order valence-electron chi connectivity index (χ3n) is 4.05. The molecule has 1 aliphatic carbocycles.